The van der Waals surface area contributed by atoms with E-state index in [0.717, 1.165) is 18.2 Å². The summed E-state index contributed by atoms with van der Waals surface area (Å²) >= 11 is 0. The summed E-state index contributed by atoms with van der Waals surface area (Å²) in [4.78, 5) is 0. The lowest BCUT2D eigenvalue weighted by Gasteiger charge is -1.95. The molecule has 3 heteroatoms. The van der Waals surface area contributed by atoms with E-state index in [1.807, 2.05) is 0 Å². The molecule has 0 amide bonds. The maximum absolute atomic E-state index is 12.1. The Morgan fingerprint density at radius 2 is 2.00 bits per heavy atom. The number of halogens is 3. The Morgan fingerprint density at radius 1 is 1.30 bits per heavy atom. The minimum atomic E-state index is -2.57. The van der Waals surface area contributed by atoms with Crippen LogP contribution in [0.25, 0.3) is 0 Å². The molecule has 0 heterocycles. The lowest BCUT2D eigenvalue weighted by Crippen LogP contribution is -1.83. The van der Waals surface area contributed by atoms with Crippen LogP contribution in [0, 0.1) is 11.9 Å². The van der Waals surface area contributed by atoms with E-state index in [1.54, 1.807) is 0 Å². The molecule has 0 aliphatic heterocycles. The molecule has 0 spiro atoms. The van der Waals surface area contributed by atoms with Crippen molar-refractivity contribution in [3.05, 3.63) is 35.6 Å². The van der Waals surface area contributed by atoms with Gasteiger partial charge in [0, 0.05) is 5.56 Å². The van der Waals surface area contributed by atoms with Crippen molar-refractivity contribution in [1.82, 2.24) is 0 Å². The summed E-state index contributed by atoms with van der Waals surface area (Å²) in [6.07, 6.45) is -2.57. The highest BCUT2D eigenvalue weighted by molar-refractivity contribution is 5.15. The van der Waals surface area contributed by atoms with Crippen LogP contribution in [-0.4, -0.2) is 0 Å². The summed E-state index contributed by atoms with van der Waals surface area (Å²) in [5.41, 5.74) is -0.276. The van der Waals surface area contributed by atoms with Gasteiger partial charge in [0.15, 0.2) is 0 Å². The molecule has 1 aromatic rings. The standard InChI is InChI=1S/C7H4F3/c8-6-3-1-5(2-4-6)7(9)10/h1,3-4,7H. The second kappa shape index (κ2) is 2.73. The van der Waals surface area contributed by atoms with Gasteiger partial charge in [-0.15, -0.1) is 0 Å². The van der Waals surface area contributed by atoms with Crippen LogP contribution in [0.4, 0.5) is 13.2 Å². The predicted octanol–water partition coefficient (Wildman–Crippen LogP) is 2.56. The van der Waals surface area contributed by atoms with E-state index in [2.05, 4.69) is 6.07 Å². The number of rotatable bonds is 1. The molecular weight excluding hydrogens is 141 g/mol. The zero-order valence-electron chi connectivity index (χ0n) is 4.94. The van der Waals surface area contributed by atoms with Crippen LogP contribution in [0.3, 0.4) is 0 Å². The van der Waals surface area contributed by atoms with E-state index in [1.165, 1.54) is 0 Å². The summed E-state index contributed by atoms with van der Waals surface area (Å²) in [5, 5.41) is 0. The Labute approximate surface area is 56.3 Å². The van der Waals surface area contributed by atoms with E-state index >= 15 is 0 Å². The molecule has 0 aromatic heterocycles. The second-order valence-electron chi connectivity index (χ2n) is 1.76. The first-order chi connectivity index (χ1) is 4.70. The Balaban J connectivity index is 2.89. The van der Waals surface area contributed by atoms with E-state index in [9.17, 15) is 13.2 Å². The largest absolute Gasteiger partial charge is 0.264 e. The smallest absolute Gasteiger partial charge is 0.207 e. The topological polar surface area (TPSA) is 0 Å². The zero-order valence-corrected chi connectivity index (χ0v) is 4.94. The Kier molecular flexibility index (Phi) is 1.94. The Bertz CT molecular complexity index is 203. The highest BCUT2D eigenvalue weighted by atomic mass is 19.3. The van der Waals surface area contributed by atoms with E-state index in [-0.39, 0.29) is 5.56 Å². The molecule has 1 aromatic carbocycles. The molecule has 0 nitrogen and oxygen atoms in total. The molecule has 53 valence electrons. The lowest BCUT2D eigenvalue weighted by molar-refractivity contribution is 0.151. The molecule has 0 saturated heterocycles. The van der Waals surface area contributed by atoms with Gasteiger partial charge in [-0.2, -0.15) is 0 Å². The molecule has 1 radical (unpaired) electrons. The third kappa shape index (κ3) is 1.50. The monoisotopic (exact) mass is 145 g/mol. The van der Waals surface area contributed by atoms with Crippen molar-refractivity contribution in [2.24, 2.45) is 0 Å². The van der Waals surface area contributed by atoms with Crippen molar-refractivity contribution in [2.45, 2.75) is 6.43 Å². The molecule has 0 N–H and O–H groups in total. The summed E-state index contributed by atoms with van der Waals surface area (Å²) in [7, 11) is 0. The number of alkyl halides is 2. The first-order valence-electron chi connectivity index (χ1n) is 2.65. The van der Waals surface area contributed by atoms with Crippen molar-refractivity contribution in [3.63, 3.8) is 0 Å². The third-order valence-electron chi connectivity index (χ3n) is 1.03. The number of benzene rings is 1. The molecule has 0 atom stereocenters. The maximum Gasteiger partial charge on any atom is 0.264 e. The fourth-order valence-electron chi connectivity index (χ4n) is 0.554. The van der Waals surface area contributed by atoms with Gasteiger partial charge < -0.3 is 0 Å². The molecular formula is C7H4F3. The summed E-state index contributed by atoms with van der Waals surface area (Å²) < 4.78 is 35.6. The molecule has 0 unspecified atom stereocenters. The van der Waals surface area contributed by atoms with Crippen LogP contribution in [0.1, 0.15) is 12.0 Å². The molecule has 0 fully saturated rings. The highest BCUT2D eigenvalue weighted by Crippen LogP contribution is 2.17. The van der Waals surface area contributed by atoms with E-state index < -0.39 is 12.2 Å². The normalized spacial score (nSPS) is 10.4. The van der Waals surface area contributed by atoms with Gasteiger partial charge >= 0.3 is 0 Å². The fraction of sp³-hybridized carbons (Fsp3) is 0.143. The van der Waals surface area contributed by atoms with Crippen LogP contribution in [0.2, 0.25) is 0 Å². The van der Waals surface area contributed by atoms with Crippen molar-refractivity contribution in [1.29, 1.82) is 0 Å². The SMILES string of the molecule is Fc1c[c]c(C(F)F)cc1. The molecule has 0 saturated carbocycles. The predicted molar refractivity (Wildman–Crippen MR) is 30.2 cm³/mol. The summed E-state index contributed by atoms with van der Waals surface area (Å²) in [6, 6.07) is 5.00. The minimum absolute atomic E-state index is 0.276. The van der Waals surface area contributed by atoms with Gasteiger partial charge in [0.2, 0.25) is 0 Å². The van der Waals surface area contributed by atoms with Crippen LogP contribution in [0.15, 0.2) is 18.2 Å². The van der Waals surface area contributed by atoms with Gasteiger partial charge in [-0.1, -0.05) is 0 Å². The van der Waals surface area contributed by atoms with Crippen molar-refractivity contribution in [2.75, 3.05) is 0 Å². The van der Waals surface area contributed by atoms with Crippen LogP contribution < -0.4 is 0 Å². The van der Waals surface area contributed by atoms with Gasteiger partial charge in [0.1, 0.15) is 5.82 Å². The zero-order chi connectivity index (χ0) is 7.56. The van der Waals surface area contributed by atoms with Crippen molar-refractivity contribution >= 4 is 0 Å². The van der Waals surface area contributed by atoms with Crippen LogP contribution in [0.5, 0.6) is 0 Å². The van der Waals surface area contributed by atoms with Crippen molar-refractivity contribution in [3.8, 4) is 0 Å². The van der Waals surface area contributed by atoms with Gasteiger partial charge in [0.05, 0.1) is 0 Å². The van der Waals surface area contributed by atoms with Gasteiger partial charge in [-0.05, 0) is 24.3 Å². The van der Waals surface area contributed by atoms with Crippen LogP contribution >= 0.6 is 0 Å². The van der Waals surface area contributed by atoms with Crippen molar-refractivity contribution < 1.29 is 13.2 Å². The average Bonchev–Trinajstić information content (AvgIpc) is 1.88. The summed E-state index contributed by atoms with van der Waals surface area (Å²) in [5.74, 6) is -0.551. The maximum atomic E-state index is 12.1. The quantitative estimate of drug-likeness (QED) is 0.569. The number of hydrogen-bond acceptors (Lipinski definition) is 0. The van der Waals surface area contributed by atoms with E-state index in [0.29, 0.717) is 0 Å². The van der Waals surface area contributed by atoms with Gasteiger partial charge in [-0.3, -0.25) is 0 Å². The van der Waals surface area contributed by atoms with Gasteiger partial charge in [0.25, 0.3) is 6.43 Å². The molecule has 1 rings (SSSR count). The summed E-state index contributed by atoms with van der Waals surface area (Å²) in [6.45, 7) is 0. The first-order valence-corrected chi connectivity index (χ1v) is 2.65. The highest BCUT2D eigenvalue weighted by Gasteiger charge is 2.05. The van der Waals surface area contributed by atoms with Crippen LogP contribution in [-0.2, 0) is 0 Å². The Morgan fingerprint density at radius 3 is 2.40 bits per heavy atom. The second-order valence-corrected chi connectivity index (χ2v) is 1.76. The molecule has 0 aliphatic carbocycles. The minimum Gasteiger partial charge on any atom is -0.207 e. The van der Waals surface area contributed by atoms with Gasteiger partial charge in [-0.25, -0.2) is 13.2 Å². The lowest BCUT2D eigenvalue weighted by atomic mass is 10.2. The average molecular weight is 145 g/mol. The van der Waals surface area contributed by atoms with E-state index in [4.69, 9.17) is 0 Å². The molecule has 0 bridgehead atoms. The first kappa shape index (κ1) is 7.12. The number of hydrogen-bond donors (Lipinski definition) is 0. The fourth-order valence-corrected chi connectivity index (χ4v) is 0.554. The molecule has 0 aliphatic rings. The Hall–Kier alpha value is -0.990. The molecule has 10 heavy (non-hydrogen) atoms. The third-order valence-corrected chi connectivity index (χ3v) is 1.03.